The standard InChI is InChI=1S/C30H28FN5O2S2/c1-38-30(37)35-10-4-6-20(35)21-12-18-28(36(21)27-15-8-9-16(27)11-15)19-13-32-25(23(31)26(19)34-29(18)39-2)17-5-3-7-22-24(17)33-14-40-22/h3,5,7,12-16,20,27H,4,6,8-11H2,1-2H3/t15-,16+,20-,27?/m1/s1. The van der Waals surface area contributed by atoms with Crippen LogP contribution in [0.2, 0.25) is 0 Å². The summed E-state index contributed by atoms with van der Waals surface area (Å²) < 4.78 is 25.1. The summed E-state index contributed by atoms with van der Waals surface area (Å²) in [4.78, 5) is 28.7. The molecule has 1 amide bonds. The highest BCUT2D eigenvalue weighted by molar-refractivity contribution is 7.98. The van der Waals surface area contributed by atoms with Crippen molar-refractivity contribution in [2.24, 2.45) is 11.8 Å². The lowest BCUT2D eigenvalue weighted by atomic mass is 9.78. The molecule has 0 radical (unpaired) electrons. The van der Waals surface area contributed by atoms with Gasteiger partial charge in [-0.15, -0.1) is 23.1 Å². The van der Waals surface area contributed by atoms with Gasteiger partial charge < -0.3 is 9.30 Å². The van der Waals surface area contributed by atoms with Crippen LogP contribution >= 0.6 is 23.1 Å². The van der Waals surface area contributed by atoms with E-state index in [1.54, 1.807) is 11.7 Å². The number of halogens is 1. The summed E-state index contributed by atoms with van der Waals surface area (Å²) in [7, 11) is 1.45. The monoisotopic (exact) mass is 573 g/mol. The summed E-state index contributed by atoms with van der Waals surface area (Å²) in [5, 5.41) is 2.52. The first-order chi connectivity index (χ1) is 19.6. The van der Waals surface area contributed by atoms with Crippen molar-refractivity contribution < 1.29 is 13.9 Å². The lowest BCUT2D eigenvalue weighted by Crippen LogP contribution is -2.35. The van der Waals surface area contributed by atoms with Gasteiger partial charge in [0.25, 0.3) is 0 Å². The lowest BCUT2D eigenvalue weighted by Gasteiger charge is -2.40. The molecule has 1 unspecified atom stereocenters. The van der Waals surface area contributed by atoms with Crippen LogP contribution < -0.4 is 0 Å². The molecule has 1 aromatic carbocycles. The number of carbonyl (C=O) groups excluding carboxylic acids is 1. The maximum Gasteiger partial charge on any atom is 0.410 e. The van der Waals surface area contributed by atoms with E-state index in [-0.39, 0.29) is 17.8 Å². The quantitative estimate of drug-likeness (QED) is 0.206. The number of hydrogen-bond acceptors (Lipinski definition) is 7. The second kappa shape index (κ2) is 9.14. The second-order valence-corrected chi connectivity index (χ2v) is 12.8. The molecule has 5 heterocycles. The van der Waals surface area contributed by atoms with Crippen LogP contribution in [0.3, 0.4) is 0 Å². The Morgan fingerprint density at radius 1 is 1.15 bits per heavy atom. The molecule has 40 heavy (non-hydrogen) atoms. The fourth-order valence-electron chi connectivity index (χ4n) is 7.60. The molecule has 0 spiro atoms. The van der Waals surface area contributed by atoms with Crippen molar-refractivity contribution >= 4 is 61.2 Å². The number of rotatable bonds is 4. The maximum atomic E-state index is 16.5. The van der Waals surface area contributed by atoms with E-state index < -0.39 is 5.82 Å². The molecule has 204 valence electrons. The van der Waals surface area contributed by atoms with Gasteiger partial charge >= 0.3 is 6.09 Å². The van der Waals surface area contributed by atoms with E-state index >= 15 is 4.39 Å². The Hall–Kier alpha value is -3.24. The fraction of sp³-hybridized carbons (Fsp3) is 0.400. The number of fused-ring (bicyclic) bond motifs is 5. The van der Waals surface area contributed by atoms with Crippen molar-refractivity contribution in [2.75, 3.05) is 19.9 Å². The fourth-order valence-corrected chi connectivity index (χ4v) is 8.86. The van der Waals surface area contributed by atoms with Crippen molar-refractivity contribution in [3.63, 3.8) is 0 Å². The highest BCUT2D eigenvalue weighted by Gasteiger charge is 2.50. The van der Waals surface area contributed by atoms with Crippen molar-refractivity contribution in [3.05, 3.63) is 47.5 Å². The van der Waals surface area contributed by atoms with E-state index in [0.29, 0.717) is 35.5 Å². The van der Waals surface area contributed by atoms with Crippen molar-refractivity contribution in [2.45, 2.75) is 49.2 Å². The third kappa shape index (κ3) is 3.35. The van der Waals surface area contributed by atoms with Gasteiger partial charge in [0.15, 0.2) is 5.82 Å². The number of nitrogens with zero attached hydrogens (tertiary/aromatic N) is 5. The number of hydrogen-bond donors (Lipinski definition) is 0. The Labute approximate surface area is 238 Å². The molecule has 2 bridgehead atoms. The number of ether oxygens (including phenoxy) is 1. The molecule has 1 aliphatic heterocycles. The Bertz CT molecular complexity index is 1820. The average Bonchev–Trinajstić information content (AvgIpc) is 3.80. The third-order valence-corrected chi connectivity index (χ3v) is 10.8. The molecule has 9 rings (SSSR count). The summed E-state index contributed by atoms with van der Waals surface area (Å²) in [6, 6.07) is 8.26. The average molecular weight is 574 g/mol. The second-order valence-electron chi connectivity index (χ2n) is 11.2. The molecule has 4 aromatic heterocycles. The molecule has 4 fully saturated rings. The summed E-state index contributed by atoms with van der Waals surface area (Å²) in [6.07, 6.45) is 8.96. The number of amides is 1. The predicted molar refractivity (Wildman–Crippen MR) is 156 cm³/mol. The Morgan fingerprint density at radius 2 is 2.00 bits per heavy atom. The molecule has 1 saturated heterocycles. The highest BCUT2D eigenvalue weighted by Crippen LogP contribution is 2.59. The molecule has 3 saturated carbocycles. The summed E-state index contributed by atoms with van der Waals surface area (Å²) in [5.74, 6) is 0.790. The minimum absolute atomic E-state index is 0.0797. The van der Waals surface area contributed by atoms with Crippen LogP contribution in [0.5, 0.6) is 0 Å². The summed E-state index contributed by atoms with van der Waals surface area (Å²) >= 11 is 3.06. The van der Waals surface area contributed by atoms with Gasteiger partial charge in [-0.3, -0.25) is 9.88 Å². The largest absolute Gasteiger partial charge is 0.453 e. The minimum atomic E-state index is -0.418. The van der Waals surface area contributed by atoms with Crippen LogP contribution in [-0.2, 0) is 4.74 Å². The first-order valence-corrected chi connectivity index (χ1v) is 15.9. The maximum absolute atomic E-state index is 16.5. The van der Waals surface area contributed by atoms with Crippen LogP contribution in [0.4, 0.5) is 9.18 Å². The van der Waals surface area contributed by atoms with Crippen LogP contribution in [0.15, 0.2) is 41.0 Å². The number of pyridine rings is 2. The first kappa shape index (κ1) is 24.5. The lowest BCUT2D eigenvalue weighted by molar-refractivity contribution is 0.113. The molecule has 7 nitrogen and oxygen atoms in total. The number of methoxy groups -OCH3 is 1. The van der Waals surface area contributed by atoms with Gasteiger partial charge in [-0.25, -0.2) is 19.2 Å². The van der Waals surface area contributed by atoms with E-state index in [1.165, 1.54) is 49.5 Å². The Balaban J connectivity index is 1.41. The van der Waals surface area contributed by atoms with Gasteiger partial charge in [0, 0.05) is 40.8 Å². The van der Waals surface area contributed by atoms with Gasteiger partial charge in [-0.1, -0.05) is 12.1 Å². The molecule has 5 aromatic rings. The van der Waals surface area contributed by atoms with Crippen LogP contribution in [-0.4, -0.2) is 50.4 Å². The van der Waals surface area contributed by atoms with Gasteiger partial charge in [0.2, 0.25) is 0 Å². The van der Waals surface area contributed by atoms with Crippen LogP contribution in [0.1, 0.15) is 49.9 Å². The highest BCUT2D eigenvalue weighted by atomic mass is 32.2. The first-order valence-electron chi connectivity index (χ1n) is 13.8. The van der Waals surface area contributed by atoms with E-state index in [4.69, 9.17) is 14.7 Å². The molecule has 0 N–H and O–H groups in total. The van der Waals surface area contributed by atoms with E-state index in [9.17, 15) is 4.79 Å². The number of thioether (sulfide) groups is 1. The topological polar surface area (TPSA) is 73.1 Å². The normalized spacial score (nSPS) is 23.9. The smallest absolute Gasteiger partial charge is 0.410 e. The van der Waals surface area contributed by atoms with Gasteiger partial charge in [-0.05, 0) is 62.3 Å². The zero-order valence-corrected chi connectivity index (χ0v) is 23.9. The van der Waals surface area contributed by atoms with Crippen LogP contribution in [0, 0.1) is 17.7 Å². The Morgan fingerprint density at radius 3 is 2.77 bits per heavy atom. The number of thiazole rings is 1. The molecule has 4 atom stereocenters. The van der Waals surface area contributed by atoms with Crippen molar-refractivity contribution in [3.8, 4) is 11.3 Å². The SMILES string of the molecule is COC(=O)N1CCC[C@@H]1c1cc2c(SC)nc3c(F)c(-c4cccc5scnc45)ncc3c2n1C1[C@@H]2CC[C@H]1C2. The van der Waals surface area contributed by atoms with Crippen LogP contribution in [0.25, 0.3) is 43.3 Å². The number of carbonyl (C=O) groups is 1. The zero-order chi connectivity index (χ0) is 27.1. The molecular weight excluding hydrogens is 545 g/mol. The summed E-state index contributed by atoms with van der Waals surface area (Å²) in [6.45, 7) is 0.673. The molecule has 4 aliphatic rings. The predicted octanol–water partition coefficient (Wildman–Crippen LogP) is 7.60. The van der Waals surface area contributed by atoms with Gasteiger partial charge in [-0.2, -0.15) is 0 Å². The van der Waals surface area contributed by atoms with Gasteiger partial charge in [0.05, 0.1) is 34.4 Å². The number of benzene rings is 1. The minimum Gasteiger partial charge on any atom is -0.453 e. The van der Waals surface area contributed by atoms with E-state index in [2.05, 4.69) is 15.6 Å². The molecule has 10 heteroatoms. The van der Waals surface area contributed by atoms with Gasteiger partial charge in [0.1, 0.15) is 16.2 Å². The number of likely N-dealkylation sites (tertiary alicyclic amines) is 1. The van der Waals surface area contributed by atoms with Crippen molar-refractivity contribution in [1.29, 1.82) is 0 Å². The number of aromatic nitrogens is 4. The van der Waals surface area contributed by atoms with E-state index in [0.717, 1.165) is 50.1 Å². The zero-order valence-electron chi connectivity index (χ0n) is 22.3. The number of para-hydroxylation sites is 1. The summed E-state index contributed by atoms with van der Waals surface area (Å²) in [5.41, 5.74) is 5.93. The van der Waals surface area contributed by atoms with E-state index in [1.807, 2.05) is 29.4 Å². The third-order valence-electron chi connectivity index (χ3n) is 9.35. The van der Waals surface area contributed by atoms with Crippen molar-refractivity contribution in [1.82, 2.24) is 24.4 Å². The molecular formula is C30H28FN5O2S2. The molecule has 3 aliphatic carbocycles. The Kier molecular flexibility index (Phi) is 5.61.